The first-order valence-corrected chi connectivity index (χ1v) is 7.70. The highest BCUT2D eigenvalue weighted by Gasteiger charge is 2.29. The molecule has 3 rings (SSSR count). The van der Waals surface area contributed by atoms with E-state index in [0.717, 1.165) is 18.6 Å². The number of tetrazole rings is 1. The zero-order chi connectivity index (χ0) is 15.7. The Kier molecular flexibility index (Phi) is 3.96. The molecule has 0 radical (unpaired) electrons. The molecule has 0 bridgehead atoms. The summed E-state index contributed by atoms with van der Waals surface area (Å²) in [5.41, 5.74) is 0. The molecule has 0 unspecified atom stereocenters. The van der Waals surface area contributed by atoms with E-state index in [0.29, 0.717) is 11.6 Å². The van der Waals surface area contributed by atoms with Crippen LogP contribution < -0.4 is 0 Å². The van der Waals surface area contributed by atoms with Gasteiger partial charge in [-0.05, 0) is 57.4 Å². The van der Waals surface area contributed by atoms with Crippen LogP contribution in [0.1, 0.15) is 38.9 Å². The molecule has 2 atom stereocenters. The van der Waals surface area contributed by atoms with Gasteiger partial charge in [0.15, 0.2) is 5.76 Å². The summed E-state index contributed by atoms with van der Waals surface area (Å²) in [5.74, 6) is 1.80. The molecule has 2 aromatic rings. The predicted molar refractivity (Wildman–Crippen MR) is 79.9 cm³/mol. The van der Waals surface area contributed by atoms with E-state index >= 15 is 0 Å². The van der Waals surface area contributed by atoms with Crippen LogP contribution in [0.15, 0.2) is 16.5 Å². The van der Waals surface area contributed by atoms with Crippen LogP contribution in [-0.2, 0) is 11.3 Å². The van der Waals surface area contributed by atoms with Crippen molar-refractivity contribution < 1.29 is 9.21 Å². The minimum Gasteiger partial charge on any atom is -0.458 e. The van der Waals surface area contributed by atoms with E-state index in [1.807, 2.05) is 17.9 Å². The molecule has 1 amide bonds. The highest BCUT2D eigenvalue weighted by Crippen LogP contribution is 2.23. The summed E-state index contributed by atoms with van der Waals surface area (Å²) in [7, 11) is 0. The smallest absolute Gasteiger partial charge is 0.246 e. The number of amides is 1. The Morgan fingerprint density at radius 3 is 2.68 bits per heavy atom. The van der Waals surface area contributed by atoms with Crippen molar-refractivity contribution in [3.63, 3.8) is 0 Å². The molecule has 22 heavy (non-hydrogen) atoms. The molecule has 0 saturated carbocycles. The third kappa shape index (κ3) is 2.88. The fourth-order valence-electron chi connectivity index (χ4n) is 3.08. The molecule has 1 aliphatic heterocycles. The highest BCUT2D eigenvalue weighted by atomic mass is 16.3. The fourth-order valence-corrected chi connectivity index (χ4v) is 3.08. The molecule has 1 aliphatic rings. The summed E-state index contributed by atoms with van der Waals surface area (Å²) in [4.78, 5) is 15.8. The second kappa shape index (κ2) is 5.90. The standard InChI is InChI=1S/C15H21N5O2/c1-10-5-4-6-11(2)20(10)14(21)9-19-17-15(16-18-19)13-8-7-12(3)22-13/h7-8,10-11H,4-6,9H2,1-3H3/t10-,11-/m0/s1. The monoisotopic (exact) mass is 303 g/mol. The van der Waals surface area contributed by atoms with Crippen molar-refractivity contribution in [3.8, 4) is 11.6 Å². The molecule has 3 heterocycles. The number of likely N-dealkylation sites (tertiary alicyclic amines) is 1. The Labute approximate surface area is 129 Å². The van der Waals surface area contributed by atoms with Crippen LogP contribution in [0.2, 0.25) is 0 Å². The summed E-state index contributed by atoms with van der Waals surface area (Å²) in [6.07, 6.45) is 3.28. The van der Waals surface area contributed by atoms with Gasteiger partial charge in [-0.25, -0.2) is 0 Å². The van der Waals surface area contributed by atoms with Crippen molar-refractivity contribution in [2.45, 2.75) is 58.7 Å². The van der Waals surface area contributed by atoms with E-state index in [4.69, 9.17) is 4.42 Å². The minimum atomic E-state index is 0.0410. The largest absolute Gasteiger partial charge is 0.458 e. The number of rotatable bonds is 3. The van der Waals surface area contributed by atoms with Gasteiger partial charge >= 0.3 is 0 Å². The molecule has 0 spiro atoms. The van der Waals surface area contributed by atoms with Crippen molar-refractivity contribution in [1.29, 1.82) is 0 Å². The van der Waals surface area contributed by atoms with Crippen molar-refractivity contribution in [1.82, 2.24) is 25.1 Å². The van der Waals surface area contributed by atoms with Crippen molar-refractivity contribution >= 4 is 5.91 Å². The lowest BCUT2D eigenvalue weighted by molar-refractivity contribution is -0.138. The van der Waals surface area contributed by atoms with E-state index in [-0.39, 0.29) is 24.5 Å². The molecule has 0 N–H and O–H groups in total. The van der Waals surface area contributed by atoms with Crippen molar-refractivity contribution in [3.05, 3.63) is 17.9 Å². The van der Waals surface area contributed by atoms with Crippen LogP contribution in [0.5, 0.6) is 0 Å². The fraction of sp³-hybridized carbons (Fsp3) is 0.600. The van der Waals surface area contributed by atoms with Crippen LogP contribution >= 0.6 is 0 Å². The molecule has 1 saturated heterocycles. The lowest BCUT2D eigenvalue weighted by Gasteiger charge is -2.38. The van der Waals surface area contributed by atoms with Crippen LogP contribution in [0.4, 0.5) is 0 Å². The Balaban J connectivity index is 1.70. The number of hydrogen-bond acceptors (Lipinski definition) is 5. The Hall–Kier alpha value is -2.18. The number of hydrogen-bond donors (Lipinski definition) is 0. The number of nitrogens with zero attached hydrogens (tertiary/aromatic N) is 5. The van der Waals surface area contributed by atoms with Gasteiger partial charge in [0.2, 0.25) is 11.7 Å². The van der Waals surface area contributed by atoms with E-state index in [1.165, 1.54) is 11.2 Å². The Morgan fingerprint density at radius 2 is 2.05 bits per heavy atom. The first-order valence-electron chi connectivity index (χ1n) is 7.70. The van der Waals surface area contributed by atoms with Gasteiger partial charge in [0.05, 0.1) is 0 Å². The quantitative estimate of drug-likeness (QED) is 0.867. The van der Waals surface area contributed by atoms with Crippen LogP contribution in [0.3, 0.4) is 0 Å². The normalized spacial score (nSPS) is 22.0. The summed E-state index contributed by atoms with van der Waals surface area (Å²) >= 11 is 0. The zero-order valence-electron chi connectivity index (χ0n) is 13.2. The molecule has 1 fully saturated rings. The number of aromatic nitrogens is 4. The van der Waals surface area contributed by atoms with Crippen molar-refractivity contribution in [2.24, 2.45) is 0 Å². The molecule has 118 valence electrons. The lowest BCUT2D eigenvalue weighted by atomic mass is 9.97. The number of aryl methyl sites for hydroxylation is 1. The maximum Gasteiger partial charge on any atom is 0.246 e. The third-order valence-electron chi connectivity index (χ3n) is 4.17. The molecule has 7 heteroatoms. The second-order valence-electron chi connectivity index (χ2n) is 5.98. The van der Waals surface area contributed by atoms with Crippen LogP contribution in [-0.4, -0.2) is 43.1 Å². The third-order valence-corrected chi connectivity index (χ3v) is 4.17. The second-order valence-corrected chi connectivity index (χ2v) is 5.98. The Morgan fingerprint density at radius 1 is 1.32 bits per heavy atom. The zero-order valence-corrected chi connectivity index (χ0v) is 13.2. The molecule has 7 nitrogen and oxygen atoms in total. The van der Waals surface area contributed by atoms with Gasteiger partial charge in [-0.3, -0.25) is 4.79 Å². The summed E-state index contributed by atoms with van der Waals surface area (Å²) in [6, 6.07) is 4.19. The molecule has 0 aromatic carbocycles. The molecular weight excluding hydrogens is 282 g/mol. The van der Waals surface area contributed by atoms with E-state index in [1.54, 1.807) is 6.07 Å². The topological polar surface area (TPSA) is 77.1 Å². The average molecular weight is 303 g/mol. The first kappa shape index (κ1) is 14.7. The minimum absolute atomic E-state index is 0.0410. The number of furan rings is 1. The van der Waals surface area contributed by atoms with E-state index < -0.39 is 0 Å². The summed E-state index contributed by atoms with van der Waals surface area (Å²) in [5, 5.41) is 12.1. The molecule has 2 aromatic heterocycles. The van der Waals surface area contributed by atoms with E-state index in [2.05, 4.69) is 29.3 Å². The summed E-state index contributed by atoms with van der Waals surface area (Å²) < 4.78 is 5.46. The van der Waals surface area contributed by atoms with Gasteiger partial charge in [-0.1, -0.05) is 0 Å². The molecule has 0 aliphatic carbocycles. The van der Waals surface area contributed by atoms with Crippen LogP contribution in [0, 0.1) is 6.92 Å². The van der Waals surface area contributed by atoms with Gasteiger partial charge in [0.25, 0.3) is 0 Å². The molecular formula is C15H21N5O2. The maximum atomic E-state index is 12.5. The summed E-state index contributed by atoms with van der Waals surface area (Å²) in [6.45, 7) is 6.16. The predicted octanol–water partition coefficient (Wildman–Crippen LogP) is 2.03. The van der Waals surface area contributed by atoms with E-state index in [9.17, 15) is 4.79 Å². The Bertz CT molecular complexity index is 652. The number of carbonyl (C=O) groups excluding carboxylic acids is 1. The highest BCUT2D eigenvalue weighted by molar-refractivity contribution is 5.76. The van der Waals surface area contributed by atoms with Gasteiger partial charge in [0, 0.05) is 12.1 Å². The van der Waals surface area contributed by atoms with Crippen molar-refractivity contribution in [2.75, 3.05) is 0 Å². The number of piperidine rings is 1. The SMILES string of the molecule is Cc1ccc(-c2nnn(CC(=O)N3[C@@H](C)CCC[C@@H]3C)n2)o1. The lowest BCUT2D eigenvalue weighted by Crippen LogP contribution is -2.48. The number of carbonyl (C=O) groups is 1. The first-order chi connectivity index (χ1) is 10.5. The van der Waals surface area contributed by atoms with Crippen LogP contribution in [0.25, 0.3) is 11.6 Å². The van der Waals surface area contributed by atoms with Gasteiger partial charge in [-0.15, -0.1) is 10.2 Å². The van der Waals surface area contributed by atoms with Gasteiger partial charge in [0.1, 0.15) is 12.3 Å². The van der Waals surface area contributed by atoms with Gasteiger partial charge < -0.3 is 9.32 Å². The maximum absolute atomic E-state index is 12.5. The average Bonchev–Trinajstić information content (AvgIpc) is 3.07. The van der Waals surface area contributed by atoms with Gasteiger partial charge in [-0.2, -0.15) is 4.80 Å².